The highest BCUT2D eigenvalue weighted by molar-refractivity contribution is 7.88. The topological polar surface area (TPSA) is 66.5 Å². The van der Waals surface area contributed by atoms with Gasteiger partial charge in [-0.15, -0.1) is 0 Å². The standard InChI is InChI=1S/C21H30N2O3S/c1-15-2-4-16(5-3-15)14-27(25,26)23-10-8-18(9-11-23)21(24)22-20-13-17-6-7-19(20)12-17/h2-5,17-20H,6-14H2,1H3,(H,22,24)/t17-,19+,20-/m0/s1. The van der Waals surface area contributed by atoms with E-state index in [4.69, 9.17) is 0 Å². The van der Waals surface area contributed by atoms with Crippen molar-refractivity contribution in [3.8, 4) is 0 Å². The van der Waals surface area contributed by atoms with Crippen molar-refractivity contribution in [2.75, 3.05) is 13.1 Å². The maximum Gasteiger partial charge on any atom is 0.223 e. The van der Waals surface area contributed by atoms with E-state index in [1.807, 2.05) is 31.2 Å². The summed E-state index contributed by atoms with van der Waals surface area (Å²) >= 11 is 0. The lowest BCUT2D eigenvalue weighted by Crippen LogP contribution is -2.46. The Morgan fingerprint density at radius 1 is 1.07 bits per heavy atom. The van der Waals surface area contributed by atoms with E-state index in [1.165, 1.54) is 19.3 Å². The third-order valence-electron chi connectivity index (χ3n) is 6.75. The molecule has 5 nitrogen and oxygen atoms in total. The van der Waals surface area contributed by atoms with Crippen LogP contribution in [0.2, 0.25) is 0 Å². The molecule has 1 heterocycles. The van der Waals surface area contributed by atoms with Gasteiger partial charge in [0.25, 0.3) is 0 Å². The normalized spacial score (nSPS) is 29.1. The average Bonchev–Trinajstić information content (AvgIpc) is 3.27. The molecule has 2 bridgehead atoms. The van der Waals surface area contributed by atoms with E-state index in [9.17, 15) is 13.2 Å². The Labute approximate surface area is 162 Å². The molecule has 3 atom stereocenters. The van der Waals surface area contributed by atoms with Gasteiger partial charge in [-0.25, -0.2) is 12.7 Å². The van der Waals surface area contributed by atoms with Crippen molar-refractivity contribution >= 4 is 15.9 Å². The van der Waals surface area contributed by atoms with Gasteiger partial charge in [-0.05, 0) is 56.4 Å². The van der Waals surface area contributed by atoms with Gasteiger partial charge in [0.1, 0.15) is 0 Å². The second-order valence-electron chi connectivity index (χ2n) is 8.71. The minimum Gasteiger partial charge on any atom is -0.353 e. The lowest BCUT2D eigenvalue weighted by atomic mass is 9.93. The van der Waals surface area contributed by atoms with Gasteiger partial charge in [0, 0.05) is 25.0 Å². The highest BCUT2D eigenvalue weighted by atomic mass is 32.2. The Morgan fingerprint density at radius 3 is 2.37 bits per heavy atom. The van der Waals surface area contributed by atoms with Crippen LogP contribution >= 0.6 is 0 Å². The van der Waals surface area contributed by atoms with E-state index in [0.29, 0.717) is 37.9 Å². The van der Waals surface area contributed by atoms with E-state index < -0.39 is 10.0 Å². The molecule has 0 radical (unpaired) electrons. The lowest BCUT2D eigenvalue weighted by Gasteiger charge is -2.32. The van der Waals surface area contributed by atoms with Gasteiger partial charge < -0.3 is 5.32 Å². The Bertz CT molecular complexity index is 782. The summed E-state index contributed by atoms with van der Waals surface area (Å²) < 4.78 is 27.0. The minimum absolute atomic E-state index is 0.0370. The smallest absolute Gasteiger partial charge is 0.223 e. The first-order chi connectivity index (χ1) is 12.9. The number of nitrogens with one attached hydrogen (secondary N) is 1. The summed E-state index contributed by atoms with van der Waals surface area (Å²) in [7, 11) is -3.33. The van der Waals surface area contributed by atoms with Crippen LogP contribution < -0.4 is 5.32 Å². The van der Waals surface area contributed by atoms with Crippen molar-refractivity contribution in [2.24, 2.45) is 17.8 Å². The largest absolute Gasteiger partial charge is 0.353 e. The van der Waals surface area contributed by atoms with Crippen molar-refractivity contribution in [3.05, 3.63) is 35.4 Å². The van der Waals surface area contributed by atoms with E-state index in [1.54, 1.807) is 4.31 Å². The van der Waals surface area contributed by atoms with Crippen LogP contribution in [0, 0.1) is 24.7 Å². The molecular weight excluding hydrogens is 360 g/mol. The number of hydrogen-bond donors (Lipinski definition) is 1. The molecule has 0 unspecified atom stereocenters. The monoisotopic (exact) mass is 390 g/mol. The second-order valence-corrected chi connectivity index (χ2v) is 10.7. The van der Waals surface area contributed by atoms with Crippen molar-refractivity contribution < 1.29 is 13.2 Å². The van der Waals surface area contributed by atoms with Crippen molar-refractivity contribution in [1.82, 2.24) is 9.62 Å². The SMILES string of the molecule is Cc1ccc(CS(=O)(=O)N2CCC(C(=O)N[C@H]3C[C@H]4CC[C@@H]3C4)CC2)cc1. The predicted molar refractivity (Wildman–Crippen MR) is 105 cm³/mol. The number of amides is 1. The number of fused-ring (bicyclic) bond motifs is 2. The van der Waals surface area contributed by atoms with Gasteiger partial charge >= 0.3 is 0 Å². The molecule has 1 aromatic carbocycles. The summed E-state index contributed by atoms with van der Waals surface area (Å²) in [5.41, 5.74) is 1.94. The predicted octanol–water partition coefficient (Wildman–Crippen LogP) is 2.84. The molecule has 1 aromatic rings. The maximum absolute atomic E-state index is 12.7. The first kappa shape index (κ1) is 18.9. The Hall–Kier alpha value is -1.40. The van der Waals surface area contributed by atoms with Gasteiger partial charge in [0.2, 0.25) is 15.9 Å². The first-order valence-electron chi connectivity index (χ1n) is 10.2. The Morgan fingerprint density at radius 2 is 1.78 bits per heavy atom. The number of nitrogens with zero attached hydrogens (tertiary/aromatic N) is 1. The molecule has 6 heteroatoms. The van der Waals surface area contributed by atoms with Crippen molar-refractivity contribution in [3.63, 3.8) is 0 Å². The second kappa shape index (κ2) is 7.55. The fourth-order valence-electron chi connectivity index (χ4n) is 5.10. The molecule has 3 fully saturated rings. The van der Waals surface area contributed by atoms with Crippen LogP contribution in [0.3, 0.4) is 0 Å². The fourth-order valence-corrected chi connectivity index (χ4v) is 6.67. The van der Waals surface area contributed by atoms with Gasteiger partial charge in [-0.1, -0.05) is 36.2 Å². The Kier molecular flexibility index (Phi) is 5.30. The molecule has 27 heavy (non-hydrogen) atoms. The summed E-state index contributed by atoms with van der Waals surface area (Å²) in [6, 6.07) is 8.00. The number of carbonyl (C=O) groups is 1. The van der Waals surface area contributed by atoms with Crippen molar-refractivity contribution in [1.29, 1.82) is 0 Å². The summed E-state index contributed by atoms with van der Waals surface area (Å²) in [5.74, 6) is 1.62. The lowest BCUT2D eigenvalue weighted by molar-refractivity contribution is -0.127. The summed E-state index contributed by atoms with van der Waals surface area (Å²) in [5, 5.41) is 3.27. The van der Waals surface area contributed by atoms with Crippen LogP contribution in [0.1, 0.15) is 49.7 Å². The molecule has 4 rings (SSSR count). The first-order valence-corrected chi connectivity index (χ1v) is 11.9. The molecule has 2 aliphatic carbocycles. The van der Waals surface area contributed by atoms with Gasteiger partial charge in [-0.2, -0.15) is 0 Å². The number of piperidine rings is 1. The van der Waals surface area contributed by atoms with Crippen LogP contribution in [0.25, 0.3) is 0 Å². The average molecular weight is 391 g/mol. The summed E-state index contributed by atoms with van der Waals surface area (Å²) in [6.45, 7) is 2.89. The number of sulfonamides is 1. The maximum atomic E-state index is 12.7. The number of hydrogen-bond acceptors (Lipinski definition) is 3. The number of rotatable bonds is 5. The summed E-state index contributed by atoms with van der Waals surface area (Å²) in [6.07, 6.45) is 6.25. The molecule has 0 aromatic heterocycles. The van der Waals surface area contributed by atoms with E-state index in [0.717, 1.165) is 23.5 Å². The third kappa shape index (κ3) is 4.21. The van der Waals surface area contributed by atoms with Gasteiger partial charge in [-0.3, -0.25) is 4.79 Å². The van der Waals surface area contributed by atoms with Crippen LogP contribution in [-0.2, 0) is 20.6 Å². The number of carbonyl (C=O) groups excluding carboxylic acids is 1. The van der Waals surface area contributed by atoms with E-state index >= 15 is 0 Å². The molecule has 2 saturated carbocycles. The molecule has 0 spiro atoms. The molecule has 1 aliphatic heterocycles. The third-order valence-corrected chi connectivity index (χ3v) is 8.60. The highest BCUT2D eigenvalue weighted by Gasteiger charge is 2.41. The minimum atomic E-state index is -3.33. The van der Waals surface area contributed by atoms with Crippen LogP contribution in [-0.4, -0.2) is 37.8 Å². The fraction of sp³-hybridized carbons (Fsp3) is 0.667. The number of aryl methyl sites for hydroxylation is 1. The molecule has 1 saturated heterocycles. The van der Waals surface area contributed by atoms with Crippen LogP contribution in [0.4, 0.5) is 0 Å². The molecular formula is C21H30N2O3S. The quantitative estimate of drug-likeness (QED) is 0.841. The van der Waals surface area contributed by atoms with Crippen molar-refractivity contribution in [2.45, 2.75) is 57.2 Å². The van der Waals surface area contributed by atoms with Gasteiger partial charge in [0.15, 0.2) is 0 Å². The van der Waals surface area contributed by atoms with Gasteiger partial charge in [0.05, 0.1) is 5.75 Å². The zero-order valence-corrected chi connectivity index (χ0v) is 16.9. The molecule has 1 N–H and O–H groups in total. The summed E-state index contributed by atoms with van der Waals surface area (Å²) in [4.78, 5) is 12.6. The molecule has 3 aliphatic rings. The number of benzene rings is 1. The van der Waals surface area contributed by atoms with Crippen LogP contribution in [0.15, 0.2) is 24.3 Å². The zero-order valence-electron chi connectivity index (χ0n) is 16.1. The van der Waals surface area contributed by atoms with E-state index in [2.05, 4.69) is 5.32 Å². The molecule has 148 valence electrons. The zero-order chi connectivity index (χ0) is 19.0. The molecule has 1 amide bonds. The van der Waals surface area contributed by atoms with Crippen LogP contribution in [0.5, 0.6) is 0 Å². The highest BCUT2D eigenvalue weighted by Crippen LogP contribution is 2.44. The van der Waals surface area contributed by atoms with E-state index in [-0.39, 0.29) is 17.6 Å². The Balaban J connectivity index is 1.29.